The first-order valence-corrected chi connectivity index (χ1v) is 4.45. The van der Waals surface area contributed by atoms with Crippen LogP contribution in [0.15, 0.2) is 49.1 Å². The molecule has 72 valence electrons. The molecule has 1 aliphatic heterocycles. The first-order valence-electron chi connectivity index (χ1n) is 4.45. The molecule has 1 nitrogen and oxygen atoms in total. The van der Waals surface area contributed by atoms with Gasteiger partial charge in [0.05, 0.1) is 0 Å². The van der Waals surface area contributed by atoms with Crippen molar-refractivity contribution in [3.05, 3.63) is 49.1 Å². The first-order chi connectivity index (χ1) is 6.20. The molecule has 1 heterocycles. The fraction of sp³-hybridized carbons (Fsp3) is 0.333. The van der Waals surface area contributed by atoms with E-state index in [4.69, 9.17) is 0 Å². The van der Waals surface area contributed by atoms with Gasteiger partial charge in [0.15, 0.2) is 0 Å². The Hall–Kier alpha value is -1.08. The average molecular weight is 177 g/mol. The van der Waals surface area contributed by atoms with Gasteiger partial charge in [-0.1, -0.05) is 24.8 Å². The summed E-state index contributed by atoms with van der Waals surface area (Å²) in [6, 6.07) is 0. The number of nitrogens with one attached hydrogen (secondary N) is 1. The van der Waals surface area contributed by atoms with Crippen molar-refractivity contribution in [3.63, 3.8) is 0 Å². The number of hydrogen-bond acceptors (Lipinski definition) is 1. The van der Waals surface area contributed by atoms with Crippen LogP contribution >= 0.6 is 0 Å². The van der Waals surface area contributed by atoms with Crippen LogP contribution in [0.1, 0.15) is 13.3 Å². The van der Waals surface area contributed by atoms with Gasteiger partial charge in [0.2, 0.25) is 0 Å². The van der Waals surface area contributed by atoms with Gasteiger partial charge >= 0.3 is 0 Å². The van der Waals surface area contributed by atoms with E-state index in [1.807, 2.05) is 6.92 Å². The van der Waals surface area contributed by atoms with Gasteiger partial charge in [0.25, 0.3) is 0 Å². The van der Waals surface area contributed by atoms with Gasteiger partial charge in [0, 0.05) is 6.54 Å². The summed E-state index contributed by atoms with van der Waals surface area (Å²) in [6.07, 6.45) is 3.17. The second kappa shape index (κ2) is 6.44. The van der Waals surface area contributed by atoms with Crippen LogP contribution in [0.3, 0.4) is 0 Å². The summed E-state index contributed by atoms with van der Waals surface area (Å²) < 4.78 is 0. The molecule has 0 radical (unpaired) electrons. The van der Waals surface area contributed by atoms with Crippen LogP contribution in [-0.2, 0) is 0 Å². The van der Waals surface area contributed by atoms with Crippen LogP contribution in [0.4, 0.5) is 0 Å². The molecule has 0 amide bonds. The molecule has 0 unspecified atom stereocenters. The molecular formula is C12H19N. The monoisotopic (exact) mass is 177 g/mol. The van der Waals surface area contributed by atoms with Crippen molar-refractivity contribution in [2.24, 2.45) is 0 Å². The Kier molecular flexibility index (Phi) is 5.90. The molecule has 0 bridgehead atoms. The predicted octanol–water partition coefficient (Wildman–Crippen LogP) is 2.84. The van der Waals surface area contributed by atoms with Crippen LogP contribution in [0.2, 0.25) is 0 Å². The topological polar surface area (TPSA) is 12.0 Å². The Morgan fingerprint density at radius 1 is 1.46 bits per heavy atom. The van der Waals surface area contributed by atoms with Gasteiger partial charge in [-0.3, -0.25) is 0 Å². The summed E-state index contributed by atoms with van der Waals surface area (Å²) in [6.45, 7) is 17.9. The highest BCUT2D eigenvalue weighted by Gasteiger charge is 2.07. The third-order valence-corrected chi connectivity index (χ3v) is 1.79. The summed E-state index contributed by atoms with van der Waals surface area (Å²) in [5, 5.41) is 3.30. The molecule has 0 atom stereocenters. The second-order valence-electron chi connectivity index (χ2n) is 3.05. The minimum Gasteiger partial charge on any atom is -0.312 e. The molecule has 1 rings (SSSR count). The Labute approximate surface area is 81.5 Å². The van der Waals surface area contributed by atoms with E-state index in [2.05, 4.69) is 37.7 Å². The SMILES string of the molecule is C=C.C=C(C)/C=C1/CNCCC1=C. The van der Waals surface area contributed by atoms with Crippen LogP contribution < -0.4 is 5.32 Å². The molecule has 0 aliphatic carbocycles. The van der Waals surface area contributed by atoms with E-state index in [-0.39, 0.29) is 0 Å². The standard InChI is InChI=1S/C10H15N.C2H4/c1-8(2)6-10-7-11-5-4-9(10)3;1-2/h6,11H,1,3-5,7H2,2H3;1-2H2/b10-6-;. The third-order valence-electron chi connectivity index (χ3n) is 1.79. The van der Waals surface area contributed by atoms with E-state index < -0.39 is 0 Å². The molecule has 1 heteroatoms. The molecule has 1 N–H and O–H groups in total. The van der Waals surface area contributed by atoms with Gasteiger partial charge in [-0.25, -0.2) is 0 Å². The Morgan fingerprint density at radius 2 is 2.08 bits per heavy atom. The highest BCUT2D eigenvalue weighted by Crippen LogP contribution is 2.15. The summed E-state index contributed by atoms with van der Waals surface area (Å²) in [5.41, 5.74) is 3.67. The summed E-state index contributed by atoms with van der Waals surface area (Å²) in [4.78, 5) is 0. The lowest BCUT2D eigenvalue weighted by molar-refractivity contribution is 0.684. The van der Waals surface area contributed by atoms with Crippen molar-refractivity contribution in [1.29, 1.82) is 0 Å². The quantitative estimate of drug-likeness (QED) is 0.607. The maximum absolute atomic E-state index is 4.00. The van der Waals surface area contributed by atoms with Crippen molar-refractivity contribution in [2.45, 2.75) is 13.3 Å². The highest BCUT2D eigenvalue weighted by molar-refractivity contribution is 5.36. The maximum Gasteiger partial charge on any atom is 0.0208 e. The average Bonchev–Trinajstić information content (AvgIpc) is 2.12. The largest absolute Gasteiger partial charge is 0.312 e. The van der Waals surface area contributed by atoms with E-state index in [0.717, 1.165) is 25.1 Å². The second-order valence-corrected chi connectivity index (χ2v) is 3.05. The van der Waals surface area contributed by atoms with Gasteiger partial charge in [-0.2, -0.15) is 0 Å². The van der Waals surface area contributed by atoms with Crippen molar-refractivity contribution in [3.8, 4) is 0 Å². The Morgan fingerprint density at radius 3 is 2.54 bits per heavy atom. The molecule has 0 saturated carbocycles. The lowest BCUT2D eigenvalue weighted by Crippen LogP contribution is -2.25. The minimum atomic E-state index is 0.950. The summed E-state index contributed by atoms with van der Waals surface area (Å²) >= 11 is 0. The van der Waals surface area contributed by atoms with E-state index in [9.17, 15) is 0 Å². The van der Waals surface area contributed by atoms with Crippen molar-refractivity contribution >= 4 is 0 Å². The molecule has 0 aromatic heterocycles. The van der Waals surface area contributed by atoms with Crippen LogP contribution in [0.25, 0.3) is 0 Å². The summed E-state index contributed by atoms with van der Waals surface area (Å²) in [5.74, 6) is 0. The smallest absolute Gasteiger partial charge is 0.0208 e. The summed E-state index contributed by atoms with van der Waals surface area (Å²) in [7, 11) is 0. The lowest BCUT2D eigenvalue weighted by Gasteiger charge is -2.18. The molecule has 1 saturated heterocycles. The molecule has 1 fully saturated rings. The predicted molar refractivity (Wildman–Crippen MR) is 60.8 cm³/mol. The Balaban J connectivity index is 0.000000671. The fourth-order valence-corrected chi connectivity index (χ4v) is 1.20. The van der Waals surface area contributed by atoms with E-state index in [1.54, 1.807) is 0 Å². The van der Waals surface area contributed by atoms with Gasteiger partial charge in [-0.15, -0.1) is 13.2 Å². The molecule has 1 aliphatic rings. The normalized spacial score (nSPS) is 19.2. The van der Waals surface area contributed by atoms with E-state index in [1.165, 1.54) is 11.1 Å². The lowest BCUT2D eigenvalue weighted by atomic mass is 9.99. The Bertz CT molecular complexity index is 223. The van der Waals surface area contributed by atoms with Gasteiger partial charge in [0.1, 0.15) is 0 Å². The molecule has 0 aromatic carbocycles. The minimum absolute atomic E-state index is 0.950. The molecular weight excluding hydrogens is 158 g/mol. The highest BCUT2D eigenvalue weighted by atomic mass is 14.9. The molecule has 13 heavy (non-hydrogen) atoms. The van der Waals surface area contributed by atoms with Crippen molar-refractivity contribution in [1.82, 2.24) is 5.32 Å². The van der Waals surface area contributed by atoms with Crippen LogP contribution in [-0.4, -0.2) is 13.1 Å². The third kappa shape index (κ3) is 4.48. The zero-order valence-electron chi connectivity index (χ0n) is 8.53. The number of hydrogen-bond donors (Lipinski definition) is 1. The van der Waals surface area contributed by atoms with Crippen molar-refractivity contribution in [2.75, 3.05) is 13.1 Å². The molecule has 0 aromatic rings. The number of piperidine rings is 1. The van der Waals surface area contributed by atoms with Crippen LogP contribution in [0, 0.1) is 0 Å². The fourth-order valence-electron chi connectivity index (χ4n) is 1.20. The molecule has 0 spiro atoms. The number of allylic oxidation sites excluding steroid dienone is 2. The van der Waals surface area contributed by atoms with E-state index in [0.29, 0.717) is 0 Å². The first kappa shape index (κ1) is 11.9. The van der Waals surface area contributed by atoms with Crippen molar-refractivity contribution < 1.29 is 0 Å². The van der Waals surface area contributed by atoms with Gasteiger partial charge < -0.3 is 5.32 Å². The maximum atomic E-state index is 4.00. The van der Waals surface area contributed by atoms with Crippen LogP contribution in [0.5, 0.6) is 0 Å². The number of rotatable bonds is 1. The zero-order valence-corrected chi connectivity index (χ0v) is 8.53. The van der Waals surface area contributed by atoms with E-state index >= 15 is 0 Å². The van der Waals surface area contributed by atoms with Gasteiger partial charge in [-0.05, 0) is 31.0 Å². The zero-order chi connectivity index (χ0) is 10.3.